The highest BCUT2D eigenvalue weighted by atomic mass is 16.5. The van der Waals surface area contributed by atoms with Crippen molar-refractivity contribution in [3.8, 4) is 22.9 Å². The van der Waals surface area contributed by atoms with Crippen molar-refractivity contribution in [2.75, 3.05) is 21.3 Å². The number of benzene rings is 2. The van der Waals surface area contributed by atoms with E-state index in [4.69, 9.17) is 14.0 Å². The van der Waals surface area contributed by atoms with E-state index in [1.165, 1.54) is 0 Å². The maximum atomic E-state index is 5.40. The molecule has 0 atom stereocenters. The van der Waals surface area contributed by atoms with Crippen LogP contribution in [0, 0.1) is 6.92 Å². The molecule has 2 aromatic carbocycles. The second kappa shape index (κ2) is 8.01. The average Bonchev–Trinajstić information content (AvgIpc) is 3.12. The lowest BCUT2D eigenvalue weighted by Gasteiger charge is -2.18. The number of hydrogen-bond donors (Lipinski definition) is 0. The van der Waals surface area contributed by atoms with Gasteiger partial charge in [0, 0.05) is 12.1 Å². The summed E-state index contributed by atoms with van der Waals surface area (Å²) in [5.74, 6) is 2.66. The highest BCUT2D eigenvalue weighted by molar-refractivity contribution is 5.53. The van der Waals surface area contributed by atoms with E-state index in [2.05, 4.69) is 22.0 Å². The Morgan fingerprint density at radius 2 is 1.69 bits per heavy atom. The van der Waals surface area contributed by atoms with Crippen LogP contribution in [0.25, 0.3) is 11.4 Å². The second-order valence-electron chi connectivity index (χ2n) is 6.18. The van der Waals surface area contributed by atoms with E-state index >= 15 is 0 Å². The van der Waals surface area contributed by atoms with Crippen molar-refractivity contribution in [3.05, 3.63) is 59.5 Å². The Kier molecular flexibility index (Phi) is 5.53. The largest absolute Gasteiger partial charge is 0.493 e. The first-order valence-corrected chi connectivity index (χ1v) is 8.38. The number of nitrogens with zero attached hydrogens (tertiary/aromatic N) is 3. The smallest absolute Gasteiger partial charge is 0.241 e. The van der Waals surface area contributed by atoms with E-state index in [0.717, 1.165) is 34.7 Å². The number of ether oxygens (including phenoxy) is 2. The lowest BCUT2D eigenvalue weighted by molar-refractivity contribution is 0.260. The van der Waals surface area contributed by atoms with Crippen molar-refractivity contribution in [1.82, 2.24) is 15.0 Å². The molecule has 0 radical (unpaired) electrons. The summed E-state index contributed by atoms with van der Waals surface area (Å²) >= 11 is 0. The van der Waals surface area contributed by atoms with Crippen molar-refractivity contribution < 1.29 is 14.0 Å². The van der Waals surface area contributed by atoms with Crippen LogP contribution in [0.5, 0.6) is 11.5 Å². The van der Waals surface area contributed by atoms with E-state index in [1.807, 2.05) is 49.5 Å². The molecule has 0 spiro atoms. The van der Waals surface area contributed by atoms with Crippen LogP contribution in [0.3, 0.4) is 0 Å². The molecule has 0 amide bonds. The Morgan fingerprint density at radius 3 is 2.38 bits per heavy atom. The fourth-order valence-electron chi connectivity index (χ4n) is 2.79. The summed E-state index contributed by atoms with van der Waals surface area (Å²) in [6.07, 6.45) is 0. The Balaban J connectivity index is 1.70. The van der Waals surface area contributed by atoms with Gasteiger partial charge in [-0.15, -0.1) is 0 Å². The molecule has 0 aliphatic carbocycles. The van der Waals surface area contributed by atoms with E-state index in [0.29, 0.717) is 18.3 Å². The number of aromatic nitrogens is 2. The summed E-state index contributed by atoms with van der Waals surface area (Å²) in [6.45, 7) is 3.36. The average molecular weight is 353 g/mol. The zero-order valence-corrected chi connectivity index (χ0v) is 15.5. The van der Waals surface area contributed by atoms with Gasteiger partial charge in [-0.25, -0.2) is 0 Å². The molecule has 136 valence electrons. The van der Waals surface area contributed by atoms with Crippen LogP contribution in [-0.4, -0.2) is 36.3 Å². The first-order chi connectivity index (χ1) is 12.6. The van der Waals surface area contributed by atoms with Gasteiger partial charge in [0.25, 0.3) is 0 Å². The van der Waals surface area contributed by atoms with Gasteiger partial charge in [0.15, 0.2) is 11.5 Å². The minimum atomic E-state index is 0.563. The van der Waals surface area contributed by atoms with Crippen molar-refractivity contribution >= 4 is 0 Å². The van der Waals surface area contributed by atoms with Gasteiger partial charge >= 0.3 is 0 Å². The SMILES string of the molecule is COc1cc(C)c(CN(C)Cc2nc(-c3ccccc3)no2)cc1OC. The Labute approximate surface area is 153 Å². The van der Waals surface area contributed by atoms with E-state index in [-0.39, 0.29) is 0 Å². The summed E-state index contributed by atoms with van der Waals surface area (Å²) < 4.78 is 16.1. The van der Waals surface area contributed by atoms with E-state index in [1.54, 1.807) is 14.2 Å². The van der Waals surface area contributed by atoms with Gasteiger partial charge in [0.1, 0.15) is 0 Å². The standard InChI is InChI=1S/C20H23N3O3/c1-14-10-17(24-3)18(25-4)11-16(14)12-23(2)13-19-21-20(22-26-19)15-8-6-5-7-9-15/h5-11H,12-13H2,1-4H3. The van der Waals surface area contributed by atoms with Gasteiger partial charge in [-0.1, -0.05) is 35.5 Å². The minimum absolute atomic E-state index is 0.563. The van der Waals surface area contributed by atoms with Gasteiger partial charge in [-0.3, -0.25) is 4.90 Å². The fraction of sp³-hybridized carbons (Fsp3) is 0.300. The summed E-state index contributed by atoms with van der Waals surface area (Å²) in [4.78, 5) is 6.60. The van der Waals surface area contributed by atoms with Crippen molar-refractivity contribution in [1.29, 1.82) is 0 Å². The van der Waals surface area contributed by atoms with Gasteiger partial charge in [-0.2, -0.15) is 4.98 Å². The summed E-state index contributed by atoms with van der Waals surface area (Å²) in [7, 11) is 5.30. The highest BCUT2D eigenvalue weighted by Gasteiger charge is 2.14. The molecule has 0 fully saturated rings. The molecule has 1 heterocycles. The van der Waals surface area contributed by atoms with Gasteiger partial charge in [0.05, 0.1) is 20.8 Å². The third kappa shape index (κ3) is 4.03. The molecule has 0 unspecified atom stereocenters. The van der Waals surface area contributed by atoms with Crippen LogP contribution >= 0.6 is 0 Å². The molecular formula is C20H23N3O3. The molecule has 6 nitrogen and oxygen atoms in total. The van der Waals surface area contributed by atoms with Crippen LogP contribution < -0.4 is 9.47 Å². The summed E-state index contributed by atoms with van der Waals surface area (Å²) in [5.41, 5.74) is 3.25. The first-order valence-electron chi connectivity index (χ1n) is 8.38. The van der Waals surface area contributed by atoms with Gasteiger partial charge < -0.3 is 14.0 Å². The Morgan fingerprint density at radius 1 is 1.00 bits per heavy atom. The molecule has 0 bridgehead atoms. The summed E-state index contributed by atoms with van der Waals surface area (Å²) in [6, 6.07) is 13.8. The topological polar surface area (TPSA) is 60.6 Å². The molecule has 3 aromatic rings. The van der Waals surface area contributed by atoms with Crippen molar-refractivity contribution in [2.45, 2.75) is 20.0 Å². The molecule has 0 aliphatic rings. The van der Waals surface area contributed by atoms with Crippen LogP contribution in [0.15, 0.2) is 47.0 Å². The third-order valence-electron chi connectivity index (χ3n) is 4.19. The summed E-state index contributed by atoms with van der Waals surface area (Å²) in [5, 5.41) is 4.06. The molecule has 26 heavy (non-hydrogen) atoms. The predicted octanol–water partition coefficient (Wildman–Crippen LogP) is 3.69. The number of hydrogen-bond acceptors (Lipinski definition) is 6. The third-order valence-corrected chi connectivity index (χ3v) is 4.19. The first kappa shape index (κ1) is 17.9. The zero-order valence-electron chi connectivity index (χ0n) is 15.5. The maximum Gasteiger partial charge on any atom is 0.241 e. The number of methoxy groups -OCH3 is 2. The monoisotopic (exact) mass is 353 g/mol. The quantitative estimate of drug-likeness (QED) is 0.645. The highest BCUT2D eigenvalue weighted by Crippen LogP contribution is 2.30. The number of rotatable bonds is 7. The van der Waals surface area contributed by atoms with Crippen LogP contribution in [0.4, 0.5) is 0 Å². The Hall–Kier alpha value is -2.86. The molecule has 0 saturated heterocycles. The van der Waals surface area contributed by atoms with Gasteiger partial charge in [0.2, 0.25) is 11.7 Å². The fourth-order valence-corrected chi connectivity index (χ4v) is 2.79. The normalized spacial score (nSPS) is 11.0. The zero-order chi connectivity index (χ0) is 18.5. The molecule has 6 heteroatoms. The Bertz CT molecular complexity index is 862. The van der Waals surface area contributed by atoms with Crippen LogP contribution in [0.1, 0.15) is 17.0 Å². The maximum absolute atomic E-state index is 5.40. The van der Waals surface area contributed by atoms with E-state index < -0.39 is 0 Å². The predicted molar refractivity (Wildman–Crippen MR) is 99.2 cm³/mol. The number of aryl methyl sites for hydroxylation is 1. The molecule has 1 aromatic heterocycles. The molecular weight excluding hydrogens is 330 g/mol. The molecule has 0 N–H and O–H groups in total. The van der Waals surface area contributed by atoms with Crippen LogP contribution in [-0.2, 0) is 13.1 Å². The lowest BCUT2D eigenvalue weighted by atomic mass is 10.1. The second-order valence-corrected chi connectivity index (χ2v) is 6.18. The van der Waals surface area contributed by atoms with Gasteiger partial charge in [-0.05, 0) is 37.2 Å². The van der Waals surface area contributed by atoms with E-state index in [9.17, 15) is 0 Å². The molecule has 0 saturated carbocycles. The lowest BCUT2D eigenvalue weighted by Crippen LogP contribution is -2.18. The van der Waals surface area contributed by atoms with Crippen LogP contribution in [0.2, 0.25) is 0 Å². The molecule has 0 aliphatic heterocycles. The molecule has 3 rings (SSSR count). The minimum Gasteiger partial charge on any atom is -0.493 e. The van der Waals surface area contributed by atoms with Crippen molar-refractivity contribution in [3.63, 3.8) is 0 Å². The van der Waals surface area contributed by atoms with Crippen molar-refractivity contribution in [2.24, 2.45) is 0 Å².